The summed E-state index contributed by atoms with van der Waals surface area (Å²) in [5.41, 5.74) is 0. The molecule has 0 amide bonds. The van der Waals surface area contributed by atoms with E-state index < -0.39 is 0 Å². The molecule has 118 valence electrons. The third-order valence-electron chi connectivity index (χ3n) is 5.14. The third-order valence-corrected chi connectivity index (χ3v) is 5.14. The minimum Gasteiger partial charge on any atom is -0.392 e. The molecule has 0 spiro atoms. The number of piperidine rings is 1. The quantitative estimate of drug-likeness (QED) is 0.924. The molecule has 2 aliphatic rings. The number of aromatic nitrogens is 2. The topological polar surface area (TPSA) is 62.4 Å². The Morgan fingerprint density at radius 1 is 1.19 bits per heavy atom. The van der Waals surface area contributed by atoms with E-state index in [4.69, 9.17) is 4.52 Å². The lowest BCUT2D eigenvalue weighted by Gasteiger charge is -2.35. The highest BCUT2D eigenvalue weighted by Crippen LogP contribution is 2.29. The van der Waals surface area contributed by atoms with Gasteiger partial charge in [-0.15, -0.1) is 0 Å². The lowest BCUT2D eigenvalue weighted by atomic mass is 9.85. The van der Waals surface area contributed by atoms with E-state index in [2.05, 4.69) is 15.0 Å². The van der Waals surface area contributed by atoms with Crippen molar-refractivity contribution in [2.24, 2.45) is 5.92 Å². The Morgan fingerprint density at radius 2 is 1.90 bits per heavy atom. The van der Waals surface area contributed by atoms with Crippen molar-refractivity contribution in [2.45, 2.75) is 63.9 Å². The maximum absolute atomic E-state index is 10.4. The van der Waals surface area contributed by atoms with Crippen molar-refractivity contribution in [3.8, 4) is 0 Å². The summed E-state index contributed by atoms with van der Waals surface area (Å²) in [7, 11) is 0. The first-order chi connectivity index (χ1) is 10.2. The second kappa shape index (κ2) is 6.88. The van der Waals surface area contributed by atoms with E-state index in [9.17, 15) is 5.11 Å². The van der Waals surface area contributed by atoms with Crippen LogP contribution in [-0.4, -0.2) is 45.9 Å². The predicted octanol–water partition coefficient (Wildman–Crippen LogP) is 2.50. The van der Waals surface area contributed by atoms with Gasteiger partial charge in [0.25, 0.3) is 0 Å². The van der Waals surface area contributed by atoms with Crippen molar-refractivity contribution in [1.29, 1.82) is 0 Å². The van der Waals surface area contributed by atoms with Crippen LogP contribution in [0.3, 0.4) is 0 Å². The van der Waals surface area contributed by atoms with Crippen molar-refractivity contribution in [3.05, 3.63) is 11.7 Å². The Bertz CT molecular complexity index is 434. The fourth-order valence-electron chi connectivity index (χ4n) is 3.79. The molecular weight excluding hydrogens is 266 g/mol. The minimum absolute atomic E-state index is 0.144. The molecule has 0 aromatic carbocycles. The van der Waals surface area contributed by atoms with Gasteiger partial charge in [0.1, 0.15) is 0 Å². The molecule has 2 fully saturated rings. The van der Waals surface area contributed by atoms with Crippen LogP contribution in [0.2, 0.25) is 0 Å². The lowest BCUT2D eigenvalue weighted by molar-refractivity contribution is 0.0397. The second-order valence-electron chi connectivity index (χ2n) is 6.71. The summed E-state index contributed by atoms with van der Waals surface area (Å²) in [5.74, 6) is 2.46. The van der Waals surface area contributed by atoms with Crippen LogP contribution in [0.25, 0.3) is 0 Å². The van der Waals surface area contributed by atoms with Crippen LogP contribution in [0.15, 0.2) is 4.52 Å². The molecule has 21 heavy (non-hydrogen) atoms. The fraction of sp³-hybridized carbons (Fsp3) is 0.875. The standard InChI is InChI=1S/C16H27N3O2/c1-12-17-16(18-21-12)14-7-9-19(10-8-14)11-15(20)13-5-3-2-4-6-13/h13-15,20H,2-11H2,1H3. The van der Waals surface area contributed by atoms with Crippen LogP contribution in [-0.2, 0) is 0 Å². The van der Waals surface area contributed by atoms with Crippen molar-refractivity contribution >= 4 is 0 Å². The van der Waals surface area contributed by atoms with Crippen LogP contribution < -0.4 is 0 Å². The number of nitrogens with zero attached hydrogens (tertiary/aromatic N) is 3. The molecule has 1 aliphatic carbocycles. The van der Waals surface area contributed by atoms with E-state index in [1.807, 2.05) is 6.92 Å². The molecule has 1 saturated carbocycles. The summed E-state index contributed by atoms with van der Waals surface area (Å²) in [6.07, 6.45) is 8.33. The van der Waals surface area contributed by atoms with Crippen LogP contribution in [0.1, 0.15) is 62.6 Å². The number of rotatable bonds is 4. The van der Waals surface area contributed by atoms with Crippen molar-refractivity contribution in [2.75, 3.05) is 19.6 Å². The summed E-state index contributed by atoms with van der Waals surface area (Å²) < 4.78 is 5.07. The summed E-state index contributed by atoms with van der Waals surface area (Å²) in [5, 5.41) is 14.5. The molecule has 5 nitrogen and oxygen atoms in total. The van der Waals surface area contributed by atoms with E-state index in [-0.39, 0.29) is 6.10 Å². The number of hydrogen-bond acceptors (Lipinski definition) is 5. The summed E-state index contributed by atoms with van der Waals surface area (Å²) in [4.78, 5) is 6.75. The van der Waals surface area contributed by atoms with E-state index in [0.29, 0.717) is 17.7 Å². The second-order valence-corrected chi connectivity index (χ2v) is 6.71. The Hall–Kier alpha value is -0.940. The first-order valence-corrected chi connectivity index (χ1v) is 8.43. The summed E-state index contributed by atoms with van der Waals surface area (Å²) in [6, 6.07) is 0. The van der Waals surface area contributed by atoms with Crippen molar-refractivity contribution < 1.29 is 9.63 Å². The van der Waals surface area contributed by atoms with Crippen LogP contribution in [0, 0.1) is 12.8 Å². The number of aliphatic hydroxyl groups excluding tert-OH is 1. The molecule has 1 aliphatic heterocycles. The Kier molecular flexibility index (Phi) is 4.91. The van der Waals surface area contributed by atoms with Crippen LogP contribution in [0.4, 0.5) is 0 Å². The van der Waals surface area contributed by atoms with Crippen LogP contribution in [0.5, 0.6) is 0 Å². The summed E-state index contributed by atoms with van der Waals surface area (Å²) in [6.45, 7) is 4.74. The normalized spacial score (nSPS) is 24.3. The molecule has 0 bridgehead atoms. The number of aliphatic hydroxyl groups is 1. The van der Waals surface area contributed by atoms with E-state index >= 15 is 0 Å². The highest BCUT2D eigenvalue weighted by molar-refractivity contribution is 4.97. The molecule has 2 heterocycles. The van der Waals surface area contributed by atoms with E-state index in [1.165, 1.54) is 32.1 Å². The smallest absolute Gasteiger partial charge is 0.223 e. The molecule has 1 aromatic rings. The van der Waals surface area contributed by atoms with Gasteiger partial charge >= 0.3 is 0 Å². The SMILES string of the molecule is Cc1nc(C2CCN(CC(O)C3CCCCC3)CC2)no1. The van der Waals surface area contributed by atoms with Gasteiger partial charge in [0, 0.05) is 19.4 Å². The van der Waals surface area contributed by atoms with Gasteiger partial charge in [-0.05, 0) is 44.7 Å². The zero-order valence-corrected chi connectivity index (χ0v) is 13.0. The fourth-order valence-corrected chi connectivity index (χ4v) is 3.79. The number of hydrogen-bond donors (Lipinski definition) is 1. The number of likely N-dealkylation sites (tertiary alicyclic amines) is 1. The predicted molar refractivity (Wildman–Crippen MR) is 80.0 cm³/mol. The van der Waals surface area contributed by atoms with Crippen molar-refractivity contribution in [3.63, 3.8) is 0 Å². The average Bonchev–Trinajstić information content (AvgIpc) is 2.95. The Morgan fingerprint density at radius 3 is 2.52 bits per heavy atom. The molecule has 1 atom stereocenters. The lowest BCUT2D eigenvalue weighted by Crippen LogP contribution is -2.41. The monoisotopic (exact) mass is 293 g/mol. The molecule has 1 N–H and O–H groups in total. The number of β-amino-alcohol motifs (C(OH)–C–C–N with tert-alkyl or cyclic N) is 1. The van der Waals surface area contributed by atoms with E-state index in [0.717, 1.165) is 38.3 Å². The summed E-state index contributed by atoms with van der Waals surface area (Å²) >= 11 is 0. The van der Waals surface area contributed by atoms with Gasteiger partial charge in [0.15, 0.2) is 5.82 Å². The van der Waals surface area contributed by atoms with Gasteiger partial charge in [-0.1, -0.05) is 24.4 Å². The third kappa shape index (κ3) is 3.83. The van der Waals surface area contributed by atoms with E-state index in [1.54, 1.807) is 0 Å². The molecule has 1 saturated heterocycles. The minimum atomic E-state index is -0.144. The highest BCUT2D eigenvalue weighted by atomic mass is 16.5. The molecule has 3 rings (SSSR count). The highest BCUT2D eigenvalue weighted by Gasteiger charge is 2.28. The first kappa shape index (κ1) is 15.0. The Balaban J connectivity index is 1.45. The number of aryl methyl sites for hydroxylation is 1. The zero-order chi connectivity index (χ0) is 14.7. The molecule has 0 radical (unpaired) electrons. The van der Waals surface area contributed by atoms with Gasteiger partial charge < -0.3 is 14.5 Å². The van der Waals surface area contributed by atoms with Gasteiger partial charge in [-0.2, -0.15) is 4.98 Å². The maximum atomic E-state index is 10.4. The average molecular weight is 293 g/mol. The Labute approximate surface area is 126 Å². The van der Waals surface area contributed by atoms with Gasteiger partial charge in [0.05, 0.1) is 6.10 Å². The van der Waals surface area contributed by atoms with Crippen LogP contribution >= 0.6 is 0 Å². The van der Waals surface area contributed by atoms with Gasteiger partial charge in [-0.25, -0.2) is 0 Å². The van der Waals surface area contributed by atoms with Gasteiger partial charge in [-0.3, -0.25) is 0 Å². The molecule has 1 unspecified atom stereocenters. The zero-order valence-electron chi connectivity index (χ0n) is 13.0. The first-order valence-electron chi connectivity index (χ1n) is 8.43. The molecule has 5 heteroatoms. The molecule has 1 aromatic heterocycles. The largest absolute Gasteiger partial charge is 0.392 e. The van der Waals surface area contributed by atoms with Crippen molar-refractivity contribution in [1.82, 2.24) is 15.0 Å². The molecular formula is C16H27N3O2. The maximum Gasteiger partial charge on any atom is 0.223 e. The van der Waals surface area contributed by atoms with Gasteiger partial charge in [0.2, 0.25) is 5.89 Å².